The smallest absolute Gasteiger partial charge is 0.248 e. The molecule has 0 bridgehead atoms. The van der Waals surface area contributed by atoms with E-state index in [1.54, 1.807) is 24.1 Å². The molecule has 1 unspecified atom stereocenters. The lowest BCUT2D eigenvalue weighted by molar-refractivity contribution is -0.122. The van der Waals surface area contributed by atoms with Crippen molar-refractivity contribution in [2.24, 2.45) is 5.92 Å². The molecular formula is C22H21N3O4. The molecule has 1 atom stereocenters. The van der Waals surface area contributed by atoms with Crippen LogP contribution >= 0.6 is 0 Å². The lowest BCUT2D eigenvalue weighted by Gasteiger charge is -2.16. The average Bonchev–Trinajstić information content (AvgIpc) is 3.10. The highest BCUT2D eigenvalue weighted by atomic mass is 16.5. The minimum atomic E-state index is -0.433. The lowest BCUT2D eigenvalue weighted by Crippen LogP contribution is -2.28. The molecule has 0 saturated carbocycles. The third-order valence-corrected chi connectivity index (χ3v) is 5.06. The Balaban J connectivity index is 1.52. The first kappa shape index (κ1) is 18.9. The van der Waals surface area contributed by atoms with Gasteiger partial charge in [-0.2, -0.15) is 0 Å². The van der Waals surface area contributed by atoms with Crippen LogP contribution in [-0.4, -0.2) is 30.5 Å². The number of H-pyrrole nitrogens is 1. The molecule has 2 amide bonds. The molecule has 1 aliphatic rings. The first-order valence-corrected chi connectivity index (χ1v) is 9.36. The molecule has 2 aromatic carbocycles. The first-order valence-electron chi connectivity index (χ1n) is 9.36. The Bertz CT molecular complexity index is 1120. The van der Waals surface area contributed by atoms with Gasteiger partial charge in [0.2, 0.25) is 17.4 Å². The highest BCUT2D eigenvalue weighted by Gasteiger charge is 2.35. The van der Waals surface area contributed by atoms with Crippen LogP contribution in [0.5, 0.6) is 0 Å². The SMILES string of the molecule is COCc1cc(=O)[nH]c2cc(NC(=O)C3CC(=O)N(c4ccccc4)C3)ccc12. The monoisotopic (exact) mass is 391 g/mol. The van der Waals surface area contributed by atoms with E-state index in [0.717, 1.165) is 16.6 Å². The molecule has 1 fully saturated rings. The van der Waals surface area contributed by atoms with Crippen LogP contribution in [0.2, 0.25) is 0 Å². The Morgan fingerprint density at radius 3 is 2.72 bits per heavy atom. The Kier molecular flexibility index (Phi) is 5.14. The first-order chi connectivity index (χ1) is 14.0. The van der Waals surface area contributed by atoms with Crippen molar-refractivity contribution < 1.29 is 14.3 Å². The van der Waals surface area contributed by atoms with Gasteiger partial charge in [0.1, 0.15) is 0 Å². The standard InChI is InChI=1S/C22H21N3O4/c1-29-13-15-9-20(26)24-19-11-16(7-8-18(15)19)23-22(28)14-10-21(27)25(12-14)17-5-3-2-4-6-17/h2-9,11,14H,10,12-13H2,1H3,(H,23,28)(H,24,26). The second-order valence-electron chi connectivity index (χ2n) is 7.08. The minimum Gasteiger partial charge on any atom is -0.380 e. The van der Waals surface area contributed by atoms with E-state index in [4.69, 9.17) is 4.74 Å². The zero-order chi connectivity index (χ0) is 20.4. The summed E-state index contributed by atoms with van der Waals surface area (Å²) in [4.78, 5) is 41.4. The second kappa shape index (κ2) is 7.89. The maximum Gasteiger partial charge on any atom is 0.248 e. The van der Waals surface area contributed by atoms with Crippen LogP contribution in [0.1, 0.15) is 12.0 Å². The number of benzene rings is 2. The molecule has 0 radical (unpaired) electrons. The zero-order valence-corrected chi connectivity index (χ0v) is 16.0. The van der Waals surface area contributed by atoms with Crippen LogP contribution < -0.4 is 15.8 Å². The zero-order valence-electron chi connectivity index (χ0n) is 16.0. The molecule has 2 heterocycles. The van der Waals surface area contributed by atoms with E-state index in [2.05, 4.69) is 10.3 Å². The Labute approximate surface area is 167 Å². The van der Waals surface area contributed by atoms with Crippen LogP contribution in [0.15, 0.2) is 59.4 Å². The van der Waals surface area contributed by atoms with E-state index in [1.165, 1.54) is 6.07 Å². The number of amides is 2. The van der Waals surface area contributed by atoms with Crippen molar-refractivity contribution in [1.29, 1.82) is 0 Å². The summed E-state index contributed by atoms with van der Waals surface area (Å²) < 4.78 is 5.15. The van der Waals surface area contributed by atoms with Gasteiger partial charge >= 0.3 is 0 Å². The molecule has 29 heavy (non-hydrogen) atoms. The number of hydrogen-bond donors (Lipinski definition) is 2. The molecule has 1 aliphatic heterocycles. The molecule has 0 spiro atoms. The average molecular weight is 391 g/mol. The molecule has 0 aliphatic carbocycles. The Hall–Kier alpha value is -3.45. The molecule has 1 aromatic heterocycles. The van der Waals surface area contributed by atoms with Crippen molar-refractivity contribution in [3.8, 4) is 0 Å². The number of ether oxygens (including phenoxy) is 1. The Morgan fingerprint density at radius 1 is 1.17 bits per heavy atom. The topological polar surface area (TPSA) is 91.5 Å². The maximum atomic E-state index is 12.7. The van der Waals surface area contributed by atoms with Gasteiger partial charge in [0.25, 0.3) is 0 Å². The van der Waals surface area contributed by atoms with Crippen molar-refractivity contribution in [3.05, 3.63) is 70.5 Å². The summed E-state index contributed by atoms with van der Waals surface area (Å²) in [7, 11) is 1.57. The summed E-state index contributed by atoms with van der Waals surface area (Å²) in [5.74, 6) is -0.716. The molecule has 3 aromatic rings. The fourth-order valence-corrected chi connectivity index (χ4v) is 3.67. The van der Waals surface area contributed by atoms with E-state index >= 15 is 0 Å². The molecule has 1 saturated heterocycles. The van der Waals surface area contributed by atoms with Gasteiger partial charge < -0.3 is 19.9 Å². The maximum absolute atomic E-state index is 12.7. The largest absolute Gasteiger partial charge is 0.380 e. The summed E-state index contributed by atoms with van der Waals surface area (Å²) in [6.07, 6.45) is 0.170. The second-order valence-corrected chi connectivity index (χ2v) is 7.08. The number of pyridine rings is 1. The van der Waals surface area contributed by atoms with Gasteiger partial charge in [0, 0.05) is 42.9 Å². The van der Waals surface area contributed by atoms with E-state index < -0.39 is 5.92 Å². The summed E-state index contributed by atoms with van der Waals surface area (Å²) in [5.41, 5.74) is 2.53. The number of aromatic nitrogens is 1. The highest BCUT2D eigenvalue weighted by Crippen LogP contribution is 2.26. The van der Waals surface area contributed by atoms with Gasteiger partial charge in [-0.3, -0.25) is 14.4 Å². The van der Waals surface area contributed by atoms with Gasteiger partial charge in [0.15, 0.2) is 0 Å². The summed E-state index contributed by atoms with van der Waals surface area (Å²) in [6, 6.07) is 16.2. The molecule has 148 valence electrons. The van der Waals surface area contributed by atoms with Crippen LogP contribution in [0.25, 0.3) is 10.9 Å². The van der Waals surface area contributed by atoms with Crippen LogP contribution in [0.3, 0.4) is 0 Å². The van der Waals surface area contributed by atoms with Gasteiger partial charge in [-0.25, -0.2) is 0 Å². The summed E-state index contributed by atoms with van der Waals surface area (Å²) in [5, 5.41) is 3.73. The minimum absolute atomic E-state index is 0.0663. The number of carbonyl (C=O) groups excluding carboxylic acids is 2. The quantitative estimate of drug-likeness (QED) is 0.700. The predicted octanol–water partition coefficient (Wildman–Crippen LogP) is 2.67. The third kappa shape index (κ3) is 3.90. The number of rotatable bonds is 5. The normalized spacial score (nSPS) is 16.4. The molecular weight excluding hydrogens is 370 g/mol. The number of aromatic amines is 1. The fourth-order valence-electron chi connectivity index (χ4n) is 3.67. The van der Waals surface area contributed by atoms with Crippen molar-refractivity contribution in [3.63, 3.8) is 0 Å². The fraction of sp³-hybridized carbons (Fsp3) is 0.227. The number of hydrogen-bond acceptors (Lipinski definition) is 4. The van der Waals surface area contributed by atoms with Gasteiger partial charge in [-0.05, 0) is 29.8 Å². The van der Waals surface area contributed by atoms with E-state index in [9.17, 15) is 14.4 Å². The molecule has 7 heteroatoms. The van der Waals surface area contributed by atoms with Gasteiger partial charge in [0.05, 0.1) is 18.0 Å². The van der Waals surface area contributed by atoms with E-state index in [1.807, 2.05) is 36.4 Å². The highest BCUT2D eigenvalue weighted by molar-refractivity contribution is 6.04. The van der Waals surface area contributed by atoms with Crippen molar-refractivity contribution in [2.45, 2.75) is 13.0 Å². The van der Waals surface area contributed by atoms with Crippen LogP contribution in [-0.2, 0) is 20.9 Å². The lowest BCUT2D eigenvalue weighted by atomic mass is 10.1. The number of para-hydroxylation sites is 1. The van der Waals surface area contributed by atoms with Crippen molar-refractivity contribution >= 4 is 34.1 Å². The number of carbonyl (C=O) groups is 2. The third-order valence-electron chi connectivity index (χ3n) is 5.06. The number of methoxy groups -OCH3 is 1. The molecule has 7 nitrogen and oxygen atoms in total. The summed E-state index contributed by atoms with van der Waals surface area (Å²) in [6.45, 7) is 0.669. The number of anilines is 2. The summed E-state index contributed by atoms with van der Waals surface area (Å²) >= 11 is 0. The molecule has 2 N–H and O–H groups in total. The van der Waals surface area contributed by atoms with Crippen molar-refractivity contribution in [2.75, 3.05) is 23.9 Å². The number of fused-ring (bicyclic) bond motifs is 1. The Morgan fingerprint density at radius 2 is 1.97 bits per heavy atom. The van der Waals surface area contributed by atoms with Gasteiger partial charge in [-0.1, -0.05) is 24.3 Å². The number of nitrogens with one attached hydrogen (secondary N) is 2. The van der Waals surface area contributed by atoms with Crippen LogP contribution in [0.4, 0.5) is 11.4 Å². The van der Waals surface area contributed by atoms with Crippen molar-refractivity contribution in [1.82, 2.24) is 4.98 Å². The van der Waals surface area contributed by atoms with E-state index in [0.29, 0.717) is 24.4 Å². The molecule has 4 rings (SSSR count). The van der Waals surface area contributed by atoms with Gasteiger partial charge in [-0.15, -0.1) is 0 Å². The number of nitrogens with zero attached hydrogens (tertiary/aromatic N) is 1. The predicted molar refractivity (Wildman–Crippen MR) is 111 cm³/mol. The van der Waals surface area contributed by atoms with Crippen LogP contribution in [0, 0.1) is 5.92 Å². The van der Waals surface area contributed by atoms with E-state index in [-0.39, 0.29) is 23.8 Å².